The van der Waals surface area contributed by atoms with Gasteiger partial charge in [0.2, 0.25) is 0 Å². The minimum Gasteiger partial charge on any atom is -0.487 e. The Morgan fingerprint density at radius 2 is 2.00 bits per heavy atom. The van der Waals surface area contributed by atoms with Crippen LogP contribution in [0.2, 0.25) is 0 Å². The Labute approximate surface area is 112 Å². The van der Waals surface area contributed by atoms with Gasteiger partial charge in [0.05, 0.1) is 11.3 Å². The highest BCUT2D eigenvalue weighted by molar-refractivity contribution is 7.94. The van der Waals surface area contributed by atoms with Crippen molar-refractivity contribution in [3.63, 3.8) is 0 Å². The van der Waals surface area contributed by atoms with E-state index in [4.69, 9.17) is 10.5 Å². The topological polar surface area (TPSA) is 81.8 Å². The Kier molecular flexibility index (Phi) is 3.46. The molecule has 1 aliphatic heterocycles. The van der Waals surface area contributed by atoms with E-state index in [0.717, 1.165) is 18.2 Å². The first-order valence-electron chi connectivity index (χ1n) is 5.29. The van der Waals surface area contributed by atoms with Crippen LogP contribution in [0.3, 0.4) is 0 Å². The summed E-state index contributed by atoms with van der Waals surface area (Å²) < 4.78 is 68.2. The Balaban J connectivity index is 2.10. The molecule has 108 valence electrons. The normalized spacial score (nSPS) is 17.6. The average molecular weight is 306 g/mol. The highest BCUT2D eigenvalue weighted by Gasteiger charge is 2.30. The molecule has 0 saturated carbocycles. The van der Waals surface area contributed by atoms with Crippen LogP contribution in [0, 0.1) is 0 Å². The monoisotopic (exact) mass is 306 g/mol. The second-order valence-electron chi connectivity index (χ2n) is 3.92. The van der Waals surface area contributed by atoms with Crippen molar-refractivity contribution in [3.05, 3.63) is 40.9 Å². The van der Waals surface area contributed by atoms with Gasteiger partial charge < -0.3 is 10.5 Å². The molecule has 2 rings (SSSR count). The summed E-state index contributed by atoms with van der Waals surface area (Å²) in [5.74, 6) is -0.0428. The van der Waals surface area contributed by atoms with E-state index in [2.05, 4.69) is 4.40 Å². The molecular formula is C11H9F3N2O3S. The van der Waals surface area contributed by atoms with Gasteiger partial charge in [-0.3, -0.25) is 0 Å². The summed E-state index contributed by atoms with van der Waals surface area (Å²) >= 11 is 0. The second kappa shape index (κ2) is 4.82. The Morgan fingerprint density at radius 1 is 1.30 bits per heavy atom. The lowest BCUT2D eigenvalue weighted by Crippen LogP contribution is -2.09. The van der Waals surface area contributed by atoms with E-state index in [0.29, 0.717) is 0 Å². The summed E-state index contributed by atoms with van der Waals surface area (Å²) in [6, 6.07) is 4.24. The van der Waals surface area contributed by atoms with Gasteiger partial charge in [0.15, 0.2) is 5.03 Å². The molecule has 0 bridgehead atoms. The average Bonchev–Trinajstić information content (AvgIpc) is 2.60. The minimum absolute atomic E-state index is 0.0277. The number of hydrogen-bond acceptors (Lipinski definition) is 4. The fraction of sp³-hybridized carbons (Fsp3) is 0.182. The van der Waals surface area contributed by atoms with Crippen molar-refractivity contribution < 1.29 is 26.3 Å². The SMILES string of the molecule is NC1=CC(COc2cccc(C(F)(F)F)c2)=NS1(=O)=O. The van der Waals surface area contributed by atoms with Crippen LogP contribution in [0.15, 0.2) is 39.8 Å². The van der Waals surface area contributed by atoms with E-state index in [1.54, 1.807) is 0 Å². The number of nitrogens with two attached hydrogens (primary N) is 1. The van der Waals surface area contributed by atoms with Crippen molar-refractivity contribution in [1.29, 1.82) is 0 Å². The lowest BCUT2D eigenvalue weighted by molar-refractivity contribution is -0.137. The van der Waals surface area contributed by atoms with Crippen molar-refractivity contribution in [1.82, 2.24) is 0 Å². The third-order valence-electron chi connectivity index (χ3n) is 2.39. The quantitative estimate of drug-likeness (QED) is 0.921. The highest BCUT2D eigenvalue weighted by atomic mass is 32.2. The van der Waals surface area contributed by atoms with Gasteiger partial charge in [-0.05, 0) is 18.2 Å². The molecule has 0 spiro atoms. The molecule has 0 unspecified atom stereocenters. The van der Waals surface area contributed by atoms with Crippen LogP contribution in [0.4, 0.5) is 13.2 Å². The fourth-order valence-electron chi connectivity index (χ4n) is 1.46. The number of alkyl halides is 3. The van der Waals surface area contributed by atoms with E-state index >= 15 is 0 Å². The van der Waals surface area contributed by atoms with E-state index < -0.39 is 26.8 Å². The molecule has 0 radical (unpaired) electrons. The molecular weight excluding hydrogens is 297 g/mol. The van der Waals surface area contributed by atoms with E-state index in [1.165, 1.54) is 12.1 Å². The van der Waals surface area contributed by atoms with Gasteiger partial charge in [-0.25, -0.2) is 0 Å². The number of sulfonamides is 1. The molecule has 5 nitrogen and oxygen atoms in total. The van der Waals surface area contributed by atoms with Gasteiger partial charge in [-0.15, -0.1) is 0 Å². The molecule has 0 aliphatic carbocycles. The lowest BCUT2D eigenvalue weighted by atomic mass is 10.2. The number of halogens is 3. The predicted molar refractivity (Wildman–Crippen MR) is 65.6 cm³/mol. The van der Waals surface area contributed by atoms with Gasteiger partial charge in [-0.2, -0.15) is 26.0 Å². The summed E-state index contributed by atoms with van der Waals surface area (Å²) in [6.07, 6.45) is -3.37. The molecule has 2 N–H and O–H groups in total. The lowest BCUT2D eigenvalue weighted by Gasteiger charge is -2.09. The largest absolute Gasteiger partial charge is 0.487 e. The molecule has 1 aliphatic rings. The zero-order chi connectivity index (χ0) is 15.0. The molecule has 0 aromatic heterocycles. The van der Waals surface area contributed by atoms with Crippen LogP contribution in [-0.4, -0.2) is 20.7 Å². The van der Waals surface area contributed by atoms with Crippen LogP contribution in [0.5, 0.6) is 5.75 Å². The molecule has 0 fully saturated rings. The maximum atomic E-state index is 12.5. The zero-order valence-corrected chi connectivity index (χ0v) is 10.7. The van der Waals surface area contributed by atoms with E-state index in [1.807, 2.05) is 0 Å². The number of rotatable bonds is 3. The smallest absolute Gasteiger partial charge is 0.416 e. The first-order chi connectivity index (χ1) is 9.18. The molecule has 0 amide bonds. The number of benzene rings is 1. The molecule has 0 atom stereocenters. The molecule has 1 aromatic rings. The Morgan fingerprint density at radius 3 is 2.55 bits per heavy atom. The maximum Gasteiger partial charge on any atom is 0.416 e. The van der Waals surface area contributed by atoms with Crippen LogP contribution in [0.1, 0.15) is 5.56 Å². The van der Waals surface area contributed by atoms with E-state index in [9.17, 15) is 21.6 Å². The summed E-state index contributed by atoms with van der Waals surface area (Å²) in [5, 5.41) is -0.417. The van der Waals surface area contributed by atoms with Crippen molar-refractivity contribution in [3.8, 4) is 5.75 Å². The standard InChI is InChI=1S/C11H9F3N2O3S/c12-11(13,14)7-2-1-3-9(4-7)19-6-8-5-10(15)20(17,18)16-8/h1-5H,6,15H2. The van der Waals surface area contributed by atoms with Crippen molar-refractivity contribution >= 4 is 15.7 Å². The molecule has 20 heavy (non-hydrogen) atoms. The third kappa shape index (κ3) is 3.10. The predicted octanol–water partition coefficient (Wildman–Crippen LogP) is 1.67. The first kappa shape index (κ1) is 14.4. The van der Waals surface area contributed by atoms with Crippen LogP contribution in [0.25, 0.3) is 0 Å². The molecule has 1 heterocycles. The van der Waals surface area contributed by atoms with Gasteiger partial charge in [-0.1, -0.05) is 6.07 Å². The zero-order valence-electron chi connectivity index (χ0n) is 9.89. The molecule has 0 saturated heterocycles. The first-order valence-corrected chi connectivity index (χ1v) is 6.73. The summed E-state index contributed by atoms with van der Waals surface area (Å²) in [7, 11) is -3.84. The van der Waals surface area contributed by atoms with E-state index in [-0.39, 0.29) is 18.1 Å². The highest BCUT2D eigenvalue weighted by Crippen LogP contribution is 2.31. The Hall–Kier alpha value is -2.03. The summed E-state index contributed by atoms with van der Waals surface area (Å²) in [5.41, 5.74) is 4.38. The second-order valence-corrected chi connectivity index (χ2v) is 5.52. The van der Waals surface area contributed by atoms with Crippen LogP contribution in [-0.2, 0) is 16.2 Å². The van der Waals surface area contributed by atoms with Gasteiger partial charge in [0, 0.05) is 6.08 Å². The number of ether oxygens (including phenoxy) is 1. The maximum absolute atomic E-state index is 12.5. The van der Waals surface area contributed by atoms with Gasteiger partial charge in [0.1, 0.15) is 12.4 Å². The van der Waals surface area contributed by atoms with Gasteiger partial charge in [0.25, 0.3) is 10.0 Å². The van der Waals surface area contributed by atoms with Crippen LogP contribution < -0.4 is 10.5 Å². The van der Waals surface area contributed by atoms with Gasteiger partial charge >= 0.3 is 6.18 Å². The summed E-state index contributed by atoms with van der Waals surface area (Å²) in [4.78, 5) is 0. The van der Waals surface area contributed by atoms with Crippen molar-refractivity contribution in [2.24, 2.45) is 10.1 Å². The molecule has 9 heteroatoms. The number of hydrogen-bond donors (Lipinski definition) is 1. The van der Waals surface area contributed by atoms with Crippen LogP contribution >= 0.6 is 0 Å². The molecule has 1 aromatic carbocycles. The van der Waals surface area contributed by atoms with Crippen molar-refractivity contribution in [2.45, 2.75) is 6.18 Å². The fourth-order valence-corrected chi connectivity index (χ4v) is 2.26. The third-order valence-corrected chi connectivity index (χ3v) is 3.58. The summed E-state index contributed by atoms with van der Waals surface area (Å²) in [6.45, 7) is -0.290. The van der Waals surface area contributed by atoms with Crippen molar-refractivity contribution in [2.75, 3.05) is 6.61 Å². The number of nitrogens with zero attached hydrogens (tertiary/aromatic N) is 1. The Bertz CT molecular complexity index is 693. The minimum atomic E-state index is -4.47.